The predicted molar refractivity (Wildman–Crippen MR) is 105 cm³/mol. The molecule has 4 rings (SSSR count). The third-order valence-electron chi connectivity index (χ3n) is 4.03. The SMILES string of the molecule is COC(=O)c1ccc2c(=O)[nH]c(CSc3n[nH]c(-c4ccccc4)n3)nc2c1. The number of fused-ring (bicyclic) bond motifs is 1. The molecule has 0 fully saturated rings. The first kappa shape index (κ1) is 17.9. The van der Waals surface area contributed by atoms with Gasteiger partial charge in [0.25, 0.3) is 5.56 Å². The number of nitrogens with one attached hydrogen (secondary N) is 2. The number of ether oxygens (including phenoxy) is 1. The van der Waals surface area contributed by atoms with Crippen LogP contribution in [-0.4, -0.2) is 38.2 Å². The molecular weight excluding hydrogens is 378 g/mol. The lowest BCUT2D eigenvalue weighted by Gasteiger charge is -2.04. The van der Waals surface area contributed by atoms with Crippen LogP contribution in [0, 0.1) is 0 Å². The standard InChI is InChI=1S/C19H15N5O3S/c1-27-18(26)12-7-8-13-14(9-12)20-15(21-17(13)25)10-28-19-22-16(23-24-19)11-5-3-2-4-6-11/h2-9H,10H2,1H3,(H,20,21,25)(H,22,23,24). The molecule has 140 valence electrons. The van der Waals surface area contributed by atoms with E-state index >= 15 is 0 Å². The molecule has 0 amide bonds. The maximum Gasteiger partial charge on any atom is 0.337 e. The van der Waals surface area contributed by atoms with E-state index in [1.807, 2.05) is 30.3 Å². The molecule has 0 bridgehead atoms. The van der Waals surface area contributed by atoms with E-state index in [0.717, 1.165) is 5.56 Å². The molecule has 0 saturated carbocycles. The highest BCUT2D eigenvalue weighted by molar-refractivity contribution is 7.98. The van der Waals surface area contributed by atoms with Crippen molar-refractivity contribution in [3.05, 3.63) is 70.3 Å². The Labute approximate surface area is 163 Å². The molecule has 0 spiro atoms. The molecule has 9 heteroatoms. The molecular formula is C19H15N5O3S. The number of benzene rings is 2. The molecule has 0 aliphatic rings. The maximum absolute atomic E-state index is 12.3. The summed E-state index contributed by atoms with van der Waals surface area (Å²) in [5.74, 6) is 1.04. The zero-order valence-electron chi connectivity index (χ0n) is 14.8. The van der Waals surface area contributed by atoms with E-state index in [9.17, 15) is 9.59 Å². The smallest absolute Gasteiger partial charge is 0.337 e. The van der Waals surface area contributed by atoms with Crippen LogP contribution in [-0.2, 0) is 10.5 Å². The Morgan fingerprint density at radius 3 is 2.75 bits per heavy atom. The number of aromatic amines is 2. The number of nitrogens with zero attached hydrogens (tertiary/aromatic N) is 3. The summed E-state index contributed by atoms with van der Waals surface area (Å²) in [6.45, 7) is 0. The Balaban J connectivity index is 1.56. The largest absolute Gasteiger partial charge is 0.465 e. The Hall–Kier alpha value is -3.46. The van der Waals surface area contributed by atoms with Crippen molar-refractivity contribution in [3.63, 3.8) is 0 Å². The molecule has 0 unspecified atom stereocenters. The van der Waals surface area contributed by atoms with Crippen LogP contribution < -0.4 is 5.56 Å². The molecule has 0 saturated heterocycles. The summed E-state index contributed by atoms with van der Waals surface area (Å²) in [4.78, 5) is 35.6. The average molecular weight is 393 g/mol. The van der Waals surface area contributed by atoms with Crippen molar-refractivity contribution in [2.24, 2.45) is 0 Å². The summed E-state index contributed by atoms with van der Waals surface area (Å²) in [5, 5.41) is 8.04. The summed E-state index contributed by atoms with van der Waals surface area (Å²) in [6, 6.07) is 14.3. The second-order valence-corrected chi connectivity index (χ2v) is 6.80. The molecule has 2 N–H and O–H groups in total. The number of carbonyl (C=O) groups excluding carboxylic acids is 1. The Kier molecular flexibility index (Phi) is 4.90. The fraction of sp³-hybridized carbons (Fsp3) is 0.105. The first-order chi connectivity index (χ1) is 13.6. The zero-order valence-corrected chi connectivity index (χ0v) is 15.6. The number of carbonyl (C=O) groups is 1. The van der Waals surface area contributed by atoms with Crippen LogP contribution in [0.15, 0.2) is 58.5 Å². The van der Waals surface area contributed by atoms with Gasteiger partial charge in [0.15, 0.2) is 5.82 Å². The lowest BCUT2D eigenvalue weighted by molar-refractivity contribution is 0.0601. The number of methoxy groups -OCH3 is 1. The zero-order chi connectivity index (χ0) is 19.5. The highest BCUT2D eigenvalue weighted by Gasteiger charge is 2.11. The summed E-state index contributed by atoms with van der Waals surface area (Å²) in [6.07, 6.45) is 0. The van der Waals surface area contributed by atoms with Gasteiger partial charge in [-0.2, -0.15) is 0 Å². The van der Waals surface area contributed by atoms with Crippen LogP contribution in [0.3, 0.4) is 0 Å². The number of aromatic nitrogens is 5. The second-order valence-electron chi connectivity index (χ2n) is 5.86. The van der Waals surface area contributed by atoms with Crippen molar-refractivity contribution in [2.75, 3.05) is 7.11 Å². The molecule has 2 aromatic heterocycles. The molecule has 0 atom stereocenters. The van der Waals surface area contributed by atoms with Crippen molar-refractivity contribution in [1.29, 1.82) is 0 Å². The predicted octanol–water partition coefficient (Wildman–Crippen LogP) is 2.79. The van der Waals surface area contributed by atoms with Gasteiger partial charge in [-0.1, -0.05) is 42.1 Å². The van der Waals surface area contributed by atoms with Crippen LogP contribution in [0.5, 0.6) is 0 Å². The van der Waals surface area contributed by atoms with Crippen LogP contribution in [0.1, 0.15) is 16.2 Å². The van der Waals surface area contributed by atoms with Gasteiger partial charge in [-0.05, 0) is 18.2 Å². The monoisotopic (exact) mass is 393 g/mol. The number of H-pyrrole nitrogens is 2. The quantitative estimate of drug-likeness (QED) is 0.396. The summed E-state index contributed by atoms with van der Waals surface area (Å²) >= 11 is 1.34. The van der Waals surface area contributed by atoms with E-state index in [1.54, 1.807) is 12.1 Å². The van der Waals surface area contributed by atoms with Gasteiger partial charge in [-0.3, -0.25) is 9.89 Å². The number of hydrogen-bond acceptors (Lipinski definition) is 7. The van der Waals surface area contributed by atoms with Crippen LogP contribution in [0.25, 0.3) is 22.3 Å². The number of hydrogen-bond donors (Lipinski definition) is 2. The molecule has 0 aliphatic heterocycles. The van der Waals surface area contributed by atoms with Gasteiger partial charge < -0.3 is 9.72 Å². The van der Waals surface area contributed by atoms with Crippen molar-refractivity contribution < 1.29 is 9.53 Å². The highest BCUT2D eigenvalue weighted by Crippen LogP contribution is 2.21. The molecule has 2 heterocycles. The van der Waals surface area contributed by atoms with Crippen molar-refractivity contribution in [3.8, 4) is 11.4 Å². The van der Waals surface area contributed by atoms with E-state index in [-0.39, 0.29) is 5.56 Å². The summed E-state index contributed by atoms with van der Waals surface area (Å²) < 4.78 is 4.71. The fourth-order valence-electron chi connectivity index (χ4n) is 2.67. The van der Waals surface area contributed by atoms with Gasteiger partial charge in [-0.25, -0.2) is 14.8 Å². The molecule has 4 aromatic rings. The van der Waals surface area contributed by atoms with E-state index in [0.29, 0.717) is 39.0 Å². The Morgan fingerprint density at radius 2 is 1.96 bits per heavy atom. The normalized spacial score (nSPS) is 10.9. The van der Waals surface area contributed by atoms with Gasteiger partial charge in [0.2, 0.25) is 5.16 Å². The highest BCUT2D eigenvalue weighted by atomic mass is 32.2. The first-order valence-electron chi connectivity index (χ1n) is 8.36. The van der Waals surface area contributed by atoms with Gasteiger partial charge in [0, 0.05) is 5.56 Å². The molecule has 0 radical (unpaired) electrons. The molecule has 2 aromatic carbocycles. The lowest BCUT2D eigenvalue weighted by Crippen LogP contribution is -2.12. The van der Waals surface area contributed by atoms with Crippen LogP contribution >= 0.6 is 11.8 Å². The third kappa shape index (κ3) is 3.65. The summed E-state index contributed by atoms with van der Waals surface area (Å²) in [7, 11) is 1.31. The van der Waals surface area contributed by atoms with Crippen molar-refractivity contribution in [2.45, 2.75) is 10.9 Å². The number of rotatable bonds is 5. The first-order valence-corrected chi connectivity index (χ1v) is 9.34. The fourth-order valence-corrected chi connectivity index (χ4v) is 3.34. The maximum atomic E-state index is 12.3. The Morgan fingerprint density at radius 1 is 1.14 bits per heavy atom. The van der Waals surface area contributed by atoms with Crippen LogP contribution in [0.2, 0.25) is 0 Å². The van der Waals surface area contributed by atoms with Gasteiger partial charge in [-0.15, -0.1) is 5.10 Å². The van der Waals surface area contributed by atoms with Crippen molar-refractivity contribution >= 4 is 28.6 Å². The molecule has 8 nitrogen and oxygen atoms in total. The minimum absolute atomic E-state index is 0.267. The van der Waals surface area contributed by atoms with E-state index in [4.69, 9.17) is 4.74 Å². The van der Waals surface area contributed by atoms with Gasteiger partial charge in [0.1, 0.15) is 5.82 Å². The average Bonchev–Trinajstić information content (AvgIpc) is 3.21. The van der Waals surface area contributed by atoms with E-state index < -0.39 is 5.97 Å². The Bertz CT molecular complexity index is 1200. The van der Waals surface area contributed by atoms with Gasteiger partial charge >= 0.3 is 5.97 Å². The molecule has 28 heavy (non-hydrogen) atoms. The van der Waals surface area contributed by atoms with E-state index in [2.05, 4.69) is 25.1 Å². The molecule has 0 aliphatic carbocycles. The van der Waals surface area contributed by atoms with Crippen LogP contribution in [0.4, 0.5) is 0 Å². The summed E-state index contributed by atoms with van der Waals surface area (Å²) in [5.41, 5.74) is 1.45. The van der Waals surface area contributed by atoms with Gasteiger partial charge in [0.05, 0.1) is 29.3 Å². The minimum atomic E-state index is -0.478. The number of esters is 1. The number of thioether (sulfide) groups is 1. The lowest BCUT2D eigenvalue weighted by atomic mass is 10.1. The second kappa shape index (κ2) is 7.65. The van der Waals surface area contributed by atoms with E-state index in [1.165, 1.54) is 24.9 Å². The topological polar surface area (TPSA) is 114 Å². The third-order valence-corrected chi connectivity index (χ3v) is 4.89. The van der Waals surface area contributed by atoms with Crippen molar-refractivity contribution in [1.82, 2.24) is 25.1 Å². The minimum Gasteiger partial charge on any atom is -0.465 e.